The number of rotatable bonds is 7. The van der Waals surface area contributed by atoms with E-state index in [1.54, 1.807) is 18.2 Å². The van der Waals surface area contributed by atoms with Gasteiger partial charge in [-0.2, -0.15) is 0 Å². The van der Waals surface area contributed by atoms with Crippen LogP contribution in [0.25, 0.3) is 0 Å². The Morgan fingerprint density at radius 3 is 1.94 bits per heavy atom. The number of esters is 1. The molecule has 0 saturated heterocycles. The van der Waals surface area contributed by atoms with Crippen LogP contribution in [0.3, 0.4) is 0 Å². The van der Waals surface area contributed by atoms with Crippen LogP contribution < -0.4 is 20.9 Å². The molecule has 1 aromatic rings. The molecule has 0 aromatic heterocycles. The highest BCUT2D eigenvalue weighted by molar-refractivity contribution is 5.90. The molecule has 6 heteroatoms. The van der Waals surface area contributed by atoms with E-state index in [2.05, 4.69) is 4.74 Å². The normalized spacial score (nSPS) is 9.94. The Hall–Kier alpha value is -1.79. The summed E-state index contributed by atoms with van der Waals surface area (Å²) < 4.78 is 15.4. The summed E-state index contributed by atoms with van der Waals surface area (Å²) in [6.45, 7) is 1.50. The molecule has 0 aliphatic rings. The molecule has 0 amide bonds. The quantitative estimate of drug-likeness (QED) is 0.672. The third-order valence-corrected chi connectivity index (χ3v) is 2.07. The predicted molar refractivity (Wildman–Crippen MR) is 66.9 cm³/mol. The molecule has 0 heterocycles. The van der Waals surface area contributed by atoms with Crippen LogP contribution in [0.2, 0.25) is 0 Å². The fourth-order valence-corrected chi connectivity index (χ4v) is 1.33. The fraction of sp³-hybridized carbons (Fsp3) is 0.417. The van der Waals surface area contributed by atoms with Crippen LogP contribution in [0.5, 0.6) is 11.5 Å². The maximum Gasteiger partial charge on any atom is 0.338 e. The molecule has 0 aliphatic heterocycles. The summed E-state index contributed by atoms with van der Waals surface area (Å²) in [5.41, 5.74) is 11.1. The second kappa shape index (κ2) is 7.52. The van der Waals surface area contributed by atoms with E-state index in [-0.39, 0.29) is 0 Å². The molecule has 0 atom stereocenters. The first-order valence-electron chi connectivity index (χ1n) is 5.60. The summed E-state index contributed by atoms with van der Waals surface area (Å²) in [6.07, 6.45) is 0. The predicted octanol–water partition coefficient (Wildman–Crippen LogP) is 0.148. The number of methoxy groups -OCH3 is 1. The standard InChI is InChI=1S/C12H18N2O4/c1-16-12(15)9-6-10(17-4-2-13)8-11(7-9)18-5-3-14/h6-8H,2-5,13-14H2,1H3. The first-order chi connectivity index (χ1) is 8.71. The zero-order valence-corrected chi connectivity index (χ0v) is 10.3. The molecule has 0 bridgehead atoms. The number of carbonyl (C=O) groups excluding carboxylic acids is 1. The molecule has 18 heavy (non-hydrogen) atoms. The van der Waals surface area contributed by atoms with Gasteiger partial charge >= 0.3 is 5.97 Å². The van der Waals surface area contributed by atoms with Crippen LogP contribution in [0.4, 0.5) is 0 Å². The molecule has 6 nitrogen and oxygen atoms in total. The summed E-state index contributed by atoms with van der Waals surface area (Å²) in [5, 5.41) is 0. The molecule has 0 saturated carbocycles. The van der Waals surface area contributed by atoms with E-state index in [0.29, 0.717) is 43.4 Å². The van der Waals surface area contributed by atoms with Gasteiger partial charge in [-0.15, -0.1) is 0 Å². The number of benzene rings is 1. The first kappa shape index (κ1) is 14.3. The summed E-state index contributed by atoms with van der Waals surface area (Å²) >= 11 is 0. The van der Waals surface area contributed by atoms with Crippen LogP contribution in [0.15, 0.2) is 18.2 Å². The zero-order chi connectivity index (χ0) is 13.4. The Balaban J connectivity index is 2.91. The van der Waals surface area contributed by atoms with Gasteiger partial charge in [-0.25, -0.2) is 4.79 Å². The minimum Gasteiger partial charge on any atom is -0.492 e. The molecule has 0 aliphatic carbocycles. The lowest BCUT2D eigenvalue weighted by atomic mass is 10.2. The molecule has 1 rings (SSSR count). The van der Waals surface area contributed by atoms with Crippen molar-refractivity contribution >= 4 is 5.97 Å². The molecule has 0 spiro atoms. The van der Waals surface area contributed by atoms with Crippen LogP contribution in [-0.2, 0) is 4.74 Å². The number of nitrogens with two attached hydrogens (primary N) is 2. The van der Waals surface area contributed by atoms with E-state index in [4.69, 9.17) is 20.9 Å². The van der Waals surface area contributed by atoms with Gasteiger partial charge in [-0.05, 0) is 12.1 Å². The molecule has 0 fully saturated rings. The minimum atomic E-state index is -0.453. The highest BCUT2D eigenvalue weighted by atomic mass is 16.5. The van der Waals surface area contributed by atoms with Crippen molar-refractivity contribution < 1.29 is 19.0 Å². The van der Waals surface area contributed by atoms with E-state index in [0.717, 1.165) is 0 Å². The zero-order valence-electron chi connectivity index (χ0n) is 10.3. The third-order valence-electron chi connectivity index (χ3n) is 2.07. The smallest absolute Gasteiger partial charge is 0.338 e. The number of hydrogen-bond donors (Lipinski definition) is 2. The molecule has 100 valence electrons. The van der Waals surface area contributed by atoms with Crippen molar-refractivity contribution in [1.29, 1.82) is 0 Å². The van der Waals surface area contributed by atoms with E-state index < -0.39 is 5.97 Å². The Kier molecular flexibility index (Phi) is 5.96. The Morgan fingerprint density at radius 1 is 1.06 bits per heavy atom. The van der Waals surface area contributed by atoms with Gasteiger partial charge in [0.1, 0.15) is 24.7 Å². The van der Waals surface area contributed by atoms with Crippen LogP contribution in [-0.4, -0.2) is 39.4 Å². The highest BCUT2D eigenvalue weighted by Gasteiger charge is 2.10. The summed E-state index contributed by atoms with van der Waals surface area (Å²) in [5.74, 6) is 0.566. The summed E-state index contributed by atoms with van der Waals surface area (Å²) in [6, 6.07) is 4.84. The van der Waals surface area contributed by atoms with E-state index >= 15 is 0 Å². The van der Waals surface area contributed by atoms with Crippen LogP contribution in [0, 0.1) is 0 Å². The number of carbonyl (C=O) groups is 1. The van der Waals surface area contributed by atoms with Gasteiger partial charge in [-0.1, -0.05) is 0 Å². The topological polar surface area (TPSA) is 96.8 Å². The molecular formula is C12H18N2O4. The lowest BCUT2D eigenvalue weighted by Gasteiger charge is -2.10. The lowest BCUT2D eigenvalue weighted by Crippen LogP contribution is -2.13. The summed E-state index contributed by atoms with van der Waals surface area (Å²) in [7, 11) is 1.32. The van der Waals surface area contributed by atoms with Crippen molar-refractivity contribution in [2.45, 2.75) is 0 Å². The lowest BCUT2D eigenvalue weighted by molar-refractivity contribution is 0.0599. The van der Waals surface area contributed by atoms with Crippen molar-refractivity contribution in [2.75, 3.05) is 33.4 Å². The van der Waals surface area contributed by atoms with Crippen molar-refractivity contribution in [2.24, 2.45) is 11.5 Å². The maximum absolute atomic E-state index is 11.5. The monoisotopic (exact) mass is 254 g/mol. The molecule has 0 radical (unpaired) electrons. The van der Waals surface area contributed by atoms with Crippen molar-refractivity contribution in [1.82, 2.24) is 0 Å². The van der Waals surface area contributed by atoms with Crippen LogP contribution in [0.1, 0.15) is 10.4 Å². The third kappa shape index (κ3) is 4.23. The van der Waals surface area contributed by atoms with E-state index in [1.807, 2.05) is 0 Å². The van der Waals surface area contributed by atoms with Gasteiger partial charge < -0.3 is 25.7 Å². The molecular weight excluding hydrogens is 236 g/mol. The highest BCUT2D eigenvalue weighted by Crippen LogP contribution is 2.23. The first-order valence-corrected chi connectivity index (χ1v) is 5.60. The van der Waals surface area contributed by atoms with Gasteiger partial charge in [0.2, 0.25) is 0 Å². The fourth-order valence-electron chi connectivity index (χ4n) is 1.33. The minimum absolute atomic E-state index is 0.360. The van der Waals surface area contributed by atoms with Crippen LogP contribution >= 0.6 is 0 Å². The average Bonchev–Trinajstić information content (AvgIpc) is 2.41. The molecule has 4 N–H and O–H groups in total. The van der Waals surface area contributed by atoms with Gasteiger partial charge in [0.15, 0.2) is 0 Å². The second-order valence-corrected chi connectivity index (χ2v) is 3.46. The SMILES string of the molecule is COC(=O)c1cc(OCCN)cc(OCCN)c1. The Bertz CT molecular complexity index is 369. The Morgan fingerprint density at radius 2 is 1.56 bits per heavy atom. The van der Waals surface area contributed by atoms with Gasteiger partial charge in [0.05, 0.1) is 12.7 Å². The molecule has 0 unspecified atom stereocenters. The second-order valence-electron chi connectivity index (χ2n) is 3.46. The van der Waals surface area contributed by atoms with Gasteiger partial charge in [0.25, 0.3) is 0 Å². The maximum atomic E-state index is 11.5. The van der Waals surface area contributed by atoms with Crippen molar-refractivity contribution in [3.05, 3.63) is 23.8 Å². The van der Waals surface area contributed by atoms with E-state index in [9.17, 15) is 4.79 Å². The number of hydrogen-bond acceptors (Lipinski definition) is 6. The Labute approximate surface area is 106 Å². The van der Waals surface area contributed by atoms with Gasteiger partial charge in [-0.3, -0.25) is 0 Å². The molecule has 1 aromatic carbocycles. The number of ether oxygens (including phenoxy) is 3. The summed E-state index contributed by atoms with van der Waals surface area (Å²) in [4.78, 5) is 11.5. The van der Waals surface area contributed by atoms with Crippen molar-refractivity contribution in [3.8, 4) is 11.5 Å². The average molecular weight is 254 g/mol. The van der Waals surface area contributed by atoms with Crippen molar-refractivity contribution in [3.63, 3.8) is 0 Å². The van der Waals surface area contributed by atoms with E-state index in [1.165, 1.54) is 7.11 Å². The largest absolute Gasteiger partial charge is 0.492 e. The van der Waals surface area contributed by atoms with Gasteiger partial charge in [0, 0.05) is 19.2 Å².